The first-order chi connectivity index (χ1) is 28.8. The highest BCUT2D eigenvalue weighted by atomic mass is 15.1. The molecule has 272 valence electrons. The Bertz CT molecular complexity index is 3240. The van der Waals surface area contributed by atoms with Crippen molar-refractivity contribution in [1.29, 1.82) is 0 Å². The lowest BCUT2D eigenvalue weighted by atomic mass is 9.88. The van der Waals surface area contributed by atoms with Crippen LogP contribution in [-0.4, -0.2) is 4.57 Å². The second-order valence-corrected chi connectivity index (χ2v) is 14.9. The van der Waals surface area contributed by atoms with Crippen molar-refractivity contribution in [3.05, 3.63) is 231 Å². The van der Waals surface area contributed by atoms with Crippen LogP contribution < -0.4 is 4.90 Å². The van der Waals surface area contributed by atoms with Crippen molar-refractivity contribution in [2.45, 2.75) is 0 Å². The summed E-state index contributed by atoms with van der Waals surface area (Å²) in [5.74, 6) is 0. The lowest BCUT2D eigenvalue weighted by molar-refractivity contribution is 1.17. The quantitative estimate of drug-likeness (QED) is 0.158. The summed E-state index contributed by atoms with van der Waals surface area (Å²) in [6, 6.07) is 83.9. The number of anilines is 3. The van der Waals surface area contributed by atoms with E-state index in [-0.39, 0.29) is 0 Å². The Hall–Kier alpha value is -7.68. The summed E-state index contributed by atoms with van der Waals surface area (Å²) >= 11 is 0. The standard InChI is InChI=1S/C56H38N2/c1-2-16-39(17-3-1)43-22-12-23-45(37-43)57(46-24-14-25-47(38-46)58-53-31-10-8-27-50(53)51-28-9-11-32-54(51)58)55-33-15-29-49(44-35-34-40-18-4-5-20-42(40)36-44)56(55)52-30-13-21-41-19-6-7-26-48(41)52/h1-38H. The minimum Gasteiger partial charge on any atom is -0.310 e. The molecule has 0 bridgehead atoms. The second kappa shape index (κ2) is 14.1. The summed E-state index contributed by atoms with van der Waals surface area (Å²) in [5, 5.41) is 7.38. The summed E-state index contributed by atoms with van der Waals surface area (Å²) in [4.78, 5) is 2.46. The third kappa shape index (κ3) is 5.74. The maximum Gasteiger partial charge on any atom is 0.0546 e. The lowest BCUT2D eigenvalue weighted by Gasteiger charge is -2.30. The predicted octanol–water partition coefficient (Wildman–Crippen LogP) is 15.6. The van der Waals surface area contributed by atoms with Crippen LogP contribution in [0.3, 0.4) is 0 Å². The molecular weight excluding hydrogens is 701 g/mol. The number of nitrogens with zero attached hydrogens (tertiary/aromatic N) is 2. The minimum atomic E-state index is 1.07. The van der Waals surface area contributed by atoms with E-state index in [9.17, 15) is 0 Å². The van der Waals surface area contributed by atoms with Gasteiger partial charge in [0.05, 0.1) is 16.7 Å². The Kier molecular flexibility index (Phi) is 8.19. The molecule has 0 spiro atoms. The van der Waals surface area contributed by atoms with Gasteiger partial charge in [0.2, 0.25) is 0 Å². The molecular formula is C56H38N2. The molecule has 0 atom stereocenters. The minimum absolute atomic E-state index is 1.07. The first-order valence-corrected chi connectivity index (χ1v) is 19.9. The topological polar surface area (TPSA) is 8.17 Å². The van der Waals surface area contributed by atoms with E-state index in [2.05, 4.69) is 240 Å². The molecule has 0 N–H and O–H groups in total. The average Bonchev–Trinajstić information content (AvgIpc) is 3.64. The van der Waals surface area contributed by atoms with Gasteiger partial charge in [0, 0.05) is 33.4 Å². The van der Waals surface area contributed by atoms with Gasteiger partial charge < -0.3 is 9.47 Å². The highest BCUT2D eigenvalue weighted by Crippen LogP contribution is 2.48. The average molecular weight is 739 g/mol. The zero-order chi connectivity index (χ0) is 38.4. The fourth-order valence-corrected chi connectivity index (χ4v) is 8.90. The van der Waals surface area contributed by atoms with E-state index in [0.717, 1.165) is 22.7 Å². The first-order valence-electron chi connectivity index (χ1n) is 19.9. The van der Waals surface area contributed by atoms with E-state index >= 15 is 0 Å². The lowest BCUT2D eigenvalue weighted by Crippen LogP contribution is -2.12. The van der Waals surface area contributed by atoms with E-state index in [1.807, 2.05) is 0 Å². The summed E-state index contributed by atoms with van der Waals surface area (Å²) < 4.78 is 2.41. The van der Waals surface area contributed by atoms with Gasteiger partial charge in [-0.3, -0.25) is 0 Å². The molecule has 0 aliphatic heterocycles. The van der Waals surface area contributed by atoms with Gasteiger partial charge in [0.1, 0.15) is 0 Å². The third-order valence-electron chi connectivity index (χ3n) is 11.5. The number of para-hydroxylation sites is 2. The summed E-state index contributed by atoms with van der Waals surface area (Å²) in [5.41, 5.74) is 13.8. The fraction of sp³-hybridized carbons (Fsp3) is 0. The molecule has 2 nitrogen and oxygen atoms in total. The van der Waals surface area contributed by atoms with Crippen molar-refractivity contribution < 1.29 is 0 Å². The summed E-state index contributed by atoms with van der Waals surface area (Å²) in [6.45, 7) is 0. The predicted molar refractivity (Wildman–Crippen MR) is 247 cm³/mol. The highest BCUT2D eigenvalue weighted by molar-refractivity contribution is 6.10. The largest absolute Gasteiger partial charge is 0.310 e. The van der Waals surface area contributed by atoms with Gasteiger partial charge >= 0.3 is 0 Å². The number of aromatic nitrogens is 1. The van der Waals surface area contributed by atoms with Gasteiger partial charge in [-0.2, -0.15) is 0 Å². The molecule has 2 heteroatoms. The molecule has 11 rings (SSSR count). The van der Waals surface area contributed by atoms with Gasteiger partial charge in [-0.1, -0.05) is 176 Å². The van der Waals surface area contributed by atoms with Crippen molar-refractivity contribution >= 4 is 60.4 Å². The Morgan fingerprint density at radius 2 is 0.879 bits per heavy atom. The van der Waals surface area contributed by atoms with Crippen LogP contribution in [0.2, 0.25) is 0 Å². The number of benzene rings is 10. The number of hydrogen-bond acceptors (Lipinski definition) is 1. The summed E-state index contributed by atoms with van der Waals surface area (Å²) in [7, 11) is 0. The van der Waals surface area contributed by atoms with Gasteiger partial charge in [-0.25, -0.2) is 0 Å². The normalized spacial score (nSPS) is 11.4. The second-order valence-electron chi connectivity index (χ2n) is 14.9. The molecule has 0 aliphatic rings. The number of rotatable bonds is 7. The van der Waals surface area contributed by atoms with E-state index in [0.29, 0.717) is 0 Å². The third-order valence-corrected chi connectivity index (χ3v) is 11.5. The Labute approximate surface area is 338 Å². The van der Waals surface area contributed by atoms with Gasteiger partial charge in [-0.05, 0) is 104 Å². The molecule has 1 aromatic heterocycles. The zero-order valence-corrected chi connectivity index (χ0v) is 31.8. The number of fused-ring (bicyclic) bond motifs is 5. The molecule has 10 aromatic carbocycles. The van der Waals surface area contributed by atoms with Gasteiger partial charge in [-0.15, -0.1) is 0 Å². The van der Waals surface area contributed by atoms with Crippen molar-refractivity contribution in [2.75, 3.05) is 4.90 Å². The van der Waals surface area contributed by atoms with Crippen LogP contribution >= 0.6 is 0 Å². The molecule has 0 saturated heterocycles. The highest BCUT2D eigenvalue weighted by Gasteiger charge is 2.23. The van der Waals surface area contributed by atoms with E-state index in [4.69, 9.17) is 0 Å². The van der Waals surface area contributed by atoms with Crippen LogP contribution in [0.25, 0.3) is 82.4 Å². The van der Waals surface area contributed by atoms with Crippen LogP contribution in [-0.2, 0) is 0 Å². The van der Waals surface area contributed by atoms with E-state index in [1.165, 1.54) is 76.7 Å². The first kappa shape index (κ1) is 33.6. The summed E-state index contributed by atoms with van der Waals surface area (Å²) in [6.07, 6.45) is 0. The van der Waals surface area contributed by atoms with Crippen LogP contribution in [0.15, 0.2) is 231 Å². The molecule has 58 heavy (non-hydrogen) atoms. The van der Waals surface area contributed by atoms with Crippen LogP contribution in [0, 0.1) is 0 Å². The van der Waals surface area contributed by atoms with Crippen LogP contribution in [0.1, 0.15) is 0 Å². The Morgan fingerprint density at radius 3 is 1.67 bits per heavy atom. The maximum atomic E-state index is 2.46. The van der Waals surface area contributed by atoms with Crippen LogP contribution in [0.4, 0.5) is 17.1 Å². The van der Waals surface area contributed by atoms with Crippen molar-refractivity contribution in [2.24, 2.45) is 0 Å². The Balaban J connectivity index is 1.21. The molecule has 11 aromatic rings. The molecule has 0 aliphatic carbocycles. The Morgan fingerprint density at radius 1 is 0.310 bits per heavy atom. The smallest absolute Gasteiger partial charge is 0.0546 e. The van der Waals surface area contributed by atoms with Crippen molar-refractivity contribution in [3.8, 4) is 39.1 Å². The van der Waals surface area contributed by atoms with Crippen LogP contribution in [0.5, 0.6) is 0 Å². The maximum absolute atomic E-state index is 2.46. The molecule has 0 radical (unpaired) electrons. The zero-order valence-electron chi connectivity index (χ0n) is 31.8. The molecule has 0 unspecified atom stereocenters. The van der Waals surface area contributed by atoms with E-state index in [1.54, 1.807) is 0 Å². The van der Waals surface area contributed by atoms with E-state index < -0.39 is 0 Å². The molecule has 0 saturated carbocycles. The van der Waals surface area contributed by atoms with Gasteiger partial charge in [0.15, 0.2) is 0 Å². The monoisotopic (exact) mass is 738 g/mol. The van der Waals surface area contributed by atoms with Gasteiger partial charge in [0.25, 0.3) is 0 Å². The fourth-order valence-electron chi connectivity index (χ4n) is 8.90. The number of hydrogen-bond donors (Lipinski definition) is 0. The van der Waals surface area contributed by atoms with Crippen molar-refractivity contribution in [3.63, 3.8) is 0 Å². The SMILES string of the molecule is c1ccc(-c2cccc(N(c3cccc(-n4c5ccccc5c5ccccc54)c3)c3cccc(-c4ccc5ccccc5c4)c3-c3cccc4ccccc34)c2)cc1. The van der Waals surface area contributed by atoms with Crippen molar-refractivity contribution in [1.82, 2.24) is 4.57 Å². The molecule has 1 heterocycles. The molecule has 0 fully saturated rings. The molecule has 0 amide bonds.